The molecule has 0 saturated carbocycles. The predicted molar refractivity (Wildman–Crippen MR) is 242 cm³/mol. The van der Waals surface area contributed by atoms with Crippen LogP contribution in [0.4, 0.5) is 9.59 Å². The van der Waals surface area contributed by atoms with Crippen LogP contribution in [0, 0.1) is 0 Å². The molecule has 15 heteroatoms. The van der Waals surface area contributed by atoms with E-state index >= 15 is 0 Å². The molecule has 0 aliphatic carbocycles. The Morgan fingerprint density at radius 3 is 1.03 bits per heavy atom. The third-order valence-electron chi connectivity index (χ3n) is 10.2. The summed E-state index contributed by atoms with van der Waals surface area (Å²) in [6.45, 7) is 8.80. The van der Waals surface area contributed by atoms with Gasteiger partial charge in [-0.25, -0.2) is 9.59 Å². The number of benzene rings is 4. The van der Waals surface area contributed by atoms with Crippen LogP contribution in [0.2, 0.25) is 0 Å². The highest BCUT2D eigenvalue weighted by molar-refractivity contribution is 5.68. The van der Waals surface area contributed by atoms with Crippen LogP contribution in [0.1, 0.15) is 62.8 Å². The molecule has 0 heterocycles. The van der Waals surface area contributed by atoms with Crippen LogP contribution in [0.25, 0.3) is 0 Å². The minimum Gasteiger partial charge on any atom is -0.497 e. The van der Waals surface area contributed by atoms with E-state index in [9.17, 15) is 9.59 Å². The van der Waals surface area contributed by atoms with E-state index < -0.39 is 37.3 Å². The van der Waals surface area contributed by atoms with Crippen LogP contribution in [-0.4, -0.2) is 114 Å². The van der Waals surface area contributed by atoms with Crippen molar-refractivity contribution in [2.45, 2.75) is 97.9 Å². The second-order valence-corrected chi connectivity index (χ2v) is 15.4. The molecule has 2 amide bonds. The number of carbonyl (C=O) groups excluding carboxylic acids is 2. The van der Waals surface area contributed by atoms with Gasteiger partial charge in [-0.1, -0.05) is 48.5 Å². The Kier molecular flexibility index (Phi) is 21.5. The van der Waals surface area contributed by atoms with Crippen molar-refractivity contribution in [3.8, 4) is 23.0 Å². The highest BCUT2D eigenvalue weighted by Crippen LogP contribution is 2.22. The van der Waals surface area contributed by atoms with Crippen LogP contribution in [0.5, 0.6) is 23.0 Å². The van der Waals surface area contributed by atoms with Gasteiger partial charge in [0.15, 0.2) is 12.6 Å². The molecule has 15 nitrogen and oxygen atoms in total. The van der Waals surface area contributed by atoms with Gasteiger partial charge in [-0.15, -0.1) is 0 Å². The summed E-state index contributed by atoms with van der Waals surface area (Å²) < 4.78 is 56.9. The second kappa shape index (κ2) is 26.9. The molecule has 0 aliphatic heterocycles. The smallest absolute Gasteiger partial charge is 0.412 e. The van der Waals surface area contributed by atoms with Gasteiger partial charge in [0.05, 0.1) is 41.7 Å². The number of carbonyl (C=O) groups is 2. The summed E-state index contributed by atoms with van der Waals surface area (Å²) in [5, 5.41) is 0. The Morgan fingerprint density at radius 2 is 0.766 bits per heavy atom. The zero-order valence-electron chi connectivity index (χ0n) is 39.0. The van der Waals surface area contributed by atoms with Crippen molar-refractivity contribution in [1.29, 1.82) is 0 Å². The fourth-order valence-electron chi connectivity index (χ4n) is 6.84. The summed E-state index contributed by atoms with van der Waals surface area (Å²) in [7, 11) is 10.4. The van der Waals surface area contributed by atoms with Gasteiger partial charge in [0.1, 0.15) is 23.0 Å². The van der Waals surface area contributed by atoms with E-state index in [0.717, 1.165) is 22.3 Å². The summed E-state index contributed by atoms with van der Waals surface area (Å²) in [5.74, 6) is 2.77. The Hall–Kier alpha value is -5.58. The molecule has 4 aromatic rings. The van der Waals surface area contributed by atoms with Crippen molar-refractivity contribution < 1.29 is 57.0 Å². The van der Waals surface area contributed by atoms with E-state index in [2.05, 4.69) is 4.90 Å². The first-order valence-corrected chi connectivity index (χ1v) is 21.4. The number of nitrogens with zero attached hydrogens (tertiary/aromatic N) is 3. The lowest BCUT2D eigenvalue weighted by Crippen LogP contribution is -2.35. The highest BCUT2D eigenvalue weighted by Gasteiger charge is 2.24. The van der Waals surface area contributed by atoms with Gasteiger partial charge in [0, 0.05) is 32.2 Å². The first-order chi connectivity index (χ1) is 30.8. The van der Waals surface area contributed by atoms with E-state index in [1.807, 2.05) is 111 Å². The van der Waals surface area contributed by atoms with E-state index in [1.165, 1.54) is 0 Å². The number of hydrogen-bond donors (Lipinski definition) is 0. The molecule has 0 radical (unpaired) electrons. The summed E-state index contributed by atoms with van der Waals surface area (Å²) in [5.41, 5.74) is 3.53. The molecule has 4 rings (SSSR count). The van der Waals surface area contributed by atoms with Gasteiger partial charge in [-0.2, -0.15) is 0 Å². The van der Waals surface area contributed by atoms with Gasteiger partial charge in [0.2, 0.25) is 12.6 Å². The van der Waals surface area contributed by atoms with E-state index in [1.54, 1.807) is 65.9 Å². The molecule has 4 aromatic carbocycles. The lowest BCUT2D eigenvalue weighted by Gasteiger charge is -2.28. The first-order valence-electron chi connectivity index (χ1n) is 21.4. The maximum absolute atomic E-state index is 13.5. The molecule has 0 aromatic heterocycles. The molecule has 0 saturated heterocycles. The normalized spacial score (nSPS) is 13.5. The van der Waals surface area contributed by atoms with Crippen molar-refractivity contribution in [2.24, 2.45) is 0 Å². The van der Waals surface area contributed by atoms with Crippen molar-refractivity contribution in [3.63, 3.8) is 0 Å². The van der Waals surface area contributed by atoms with Gasteiger partial charge < -0.3 is 52.3 Å². The molecule has 0 spiro atoms. The standard InChI is InChI=1S/C49H67N3O12/c1-35(61-37(3)63-48(53)51(31-39-15-11-19-44(27-39)55-7)32-40-16-12-20-45(28-40)56-8)59-25-23-43(50(5)6)24-26-60-36(2)62-38(4)64-49(54)52(33-41-17-13-21-46(29-41)57-9)34-42-18-14-22-47(30-42)58-10/h11-22,27-30,35-38,43H,23-26,31-34H2,1-10H3. The summed E-state index contributed by atoms with van der Waals surface area (Å²) in [6.07, 6.45) is -2.77. The Bertz CT molecular complexity index is 1760. The molecule has 0 bridgehead atoms. The highest BCUT2D eigenvalue weighted by atomic mass is 16.8. The monoisotopic (exact) mass is 889 g/mol. The van der Waals surface area contributed by atoms with Crippen LogP contribution >= 0.6 is 0 Å². The summed E-state index contributed by atoms with van der Waals surface area (Å²) in [4.78, 5) is 32.4. The topological polar surface area (TPSA) is 136 Å². The fourth-order valence-corrected chi connectivity index (χ4v) is 6.84. The van der Waals surface area contributed by atoms with E-state index in [-0.39, 0.29) is 32.2 Å². The largest absolute Gasteiger partial charge is 0.497 e. The molecule has 0 fully saturated rings. The van der Waals surface area contributed by atoms with E-state index in [4.69, 9.17) is 47.4 Å². The quantitative estimate of drug-likeness (QED) is 0.0528. The number of rotatable bonds is 27. The molecule has 4 atom stereocenters. The van der Waals surface area contributed by atoms with Gasteiger partial charge in [-0.3, -0.25) is 9.80 Å². The fraction of sp³-hybridized carbons (Fsp3) is 0.469. The van der Waals surface area contributed by atoms with Crippen LogP contribution in [0.3, 0.4) is 0 Å². The summed E-state index contributed by atoms with van der Waals surface area (Å²) >= 11 is 0. The maximum atomic E-state index is 13.5. The van der Waals surface area contributed by atoms with Crippen LogP contribution in [0.15, 0.2) is 97.1 Å². The zero-order valence-corrected chi connectivity index (χ0v) is 39.0. The van der Waals surface area contributed by atoms with Gasteiger partial charge in [-0.05, 0) is 125 Å². The Morgan fingerprint density at radius 1 is 0.469 bits per heavy atom. The maximum Gasteiger partial charge on any atom is 0.412 e. The van der Waals surface area contributed by atoms with E-state index in [0.29, 0.717) is 49.1 Å². The molecule has 0 aliphatic rings. The minimum absolute atomic E-state index is 0.119. The third kappa shape index (κ3) is 17.9. The lowest BCUT2D eigenvalue weighted by molar-refractivity contribution is -0.218. The number of methoxy groups -OCH3 is 4. The average Bonchev–Trinajstić information content (AvgIpc) is 3.28. The molecule has 350 valence electrons. The van der Waals surface area contributed by atoms with Crippen LogP contribution in [-0.2, 0) is 54.6 Å². The second-order valence-electron chi connectivity index (χ2n) is 15.4. The Labute approximate surface area is 378 Å². The van der Waals surface area contributed by atoms with Crippen molar-refractivity contribution in [1.82, 2.24) is 14.7 Å². The first kappa shape index (κ1) is 51.1. The molecule has 0 N–H and O–H groups in total. The number of hydrogen-bond acceptors (Lipinski definition) is 13. The summed E-state index contributed by atoms with van der Waals surface area (Å²) in [6, 6.07) is 30.3. The molecular formula is C49H67N3O12. The predicted octanol–water partition coefficient (Wildman–Crippen LogP) is 8.86. The van der Waals surface area contributed by atoms with Gasteiger partial charge >= 0.3 is 12.2 Å². The Balaban J connectivity index is 1.21. The van der Waals surface area contributed by atoms with Crippen molar-refractivity contribution >= 4 is 12.2 Å². The molecule has 4 unspecified atom stereocenters. The van der Waals surface area contributed by atoms with Gasteiger partial charge in [0.25, 0.3) is 0 Å². The lowest BCUT2D eigenvalue weighted by atomic mass is 10.1. The molecule has 64 heavy (non-hydrogen) atoms. The SMILES string of the molecule is COc1cccc(CN(Cc2cccc(OC)c2)C(=O)OC(C)OC(C)OCCC(CCOC(C)OC(C)OC(=O)N(Cc2cccc(OC)c2)Cc2cccc(OC)c2)N(C)C)c1. The van der Waals surface area contributed by atoms with Crippen LogP contribution < -0.4 is 18.9 Å². The number of ether oxygens (including phenoxy) is 10. The van der Waals surface area contributed by atoms with Crippen molar-refractivity contribution in [3.05, 3.63) is 119 Å². The van der Waals surface area contributed by atoms with Crippen molar-refractivity contribution in [2.75, 3.05) is 55.7 Å². The number of amides is 2. The average molecular weight is 890 g/mol. The third-order valence-corrected chi connectivity index (χ3v) is 10.2. The molecular weight excluding hydrogens is 823 g/mol. The minimum atomic E-state index is -0.883. The zero-order chi connectivity index (χ0) is 46.4.